The lowest BCUT2D eigenvalue weighted by atomic mass is 10.3. The summed E-state index contributed by atoms with van der Waals surface area (Å²) in [4.78, 5) is 22.4. The van der Waals surface area contributed by atoms with Gasteiger partial charge in [0, 0.05) is 37.8 Å². The van der Waals surface area contributed by atoms with Crippen molar-refractivity contribution in [2.24, 2.45) is 0 Å². The van der Waals surface area contributed by atoms with Gasteiger partial charge in [0.2, 0.25) is 5.91 Å². The molecular weight excluding hydrogens is 446 g/mol. The van der Waals surface area contributed by atoms with Crippen LogP contribution in [0.2, 0.25) is 0 Å². The maximum absolute atomic E-state index is 11.3. The lowest BCUT2D eigenvalue weighted by Gasteiger charge is -2.24. The summed E-state index contributed by atoms with van der Waals surface area (Å²) in [6.07, 6.45) is 6.28. The second kappa shape index (κ2) is 15.4. The lowest BCUT2D eigenvalue weighted by molar-refractivity contribution is -0.114. The maximum Gasteiger partial charge on any atom is 0.222 e. The molecule has 1 amide bonds. The van der Waals surface area contributed by atoms with E-state index in [2.05, 4.69) is 56.5 Å². The van der Waals surface area contributed by atoms with Crippen molar-refractivity contribution in [1.29, 1.82) is 0 Å². The number of anilines is 3. The summed E-state index contributed by atoms with van der Waals surface area (Å²) in [6, 6.07) is 7.09. The fraction of sp³-hybridized carbons (Fsp3) is 0.440. The summed E-state index contributed by atoms with van der Waals surface area (Å²) in [5, 5.41) is 12.7. The summed E-state index contributed by atoms with van der Waals surface area (Å²) in [5.74, 6) is 2.43. The molecule has 0 unspecified atom stereocenters. The highest BCUT2D eigenvalue weighted by atomic mass is 16.5. The zero-order valence-electron chi connectivity index (χ0n) is 21.3. The highest BCUT2D eigenvalue weighted by molar-refractivity contribution is 5.88. The molecule has 0 spiro atoms. The molecule has 0 saturated carbocycles. The van der Waals surface area contributed by atoms with E-state index in [4.69, 9.17) is 9.15 Å². The second-order valence-electron chi connectivity index (χ2n) is 7.84. The first-order chi connectivity index (χ1) is 16.9. The first-order valence-electron chi connectivity index (χ1n) is 11.9. The number of likely N-dealkylation sites (N-methyl/N-ethyl adjacent to an activating group) is 1. The number of ether oxygens (including phenoxy) is 1. The first-order valence-corrected chi connectivity index (χ1v) is 11.9. The van der Waals surface area contributed by atoms with E-state index in [1.807, 2.05) is 19.1 Å². The zero-order chi connectivity index (χ0) is 25.5. The van der Waals surface area contributed by atoms with Crippen molar-refractivity contribution in [3.63, 3.8) is 0 Å². The minimum absolute atomic E-state index is 0.212. The smallest absolute Gasteiger partial charge is 0.222 e. The van der Waals surface area contributed by atoms with Gasteiger partial charge >= 0.3 is 0 Å². The fourth-order valence-electron chi connectivity index (χ4n) is 2.92. The fourth-order valence-corrected chi connectivity index (χ4v) is 2.92. The van der Waals surface area contributed by atoms with Gasteiger partial charge in [0.15, 0.2) is 11.6 Å². The summed E-state index contributed by atoms with van der Waals surface area (Å²) in [5.41, 5.74) is 0.923. The normalized spacial score (nSPS) is 13.4. The lowest BCUT2D eigenvalue weighted by Crippen LogP contribution is -2.35. The van der Waals surface area contributed by atoms with E-state index in [0.29, 0.717) is 29.0 Å². The molecular formula is C25H37N7O3. The highest BCUT2D eigenvalue weighted by Gasteiger charge is 2.07. The van der Waals surface area contributed by atoms with Gasteiger partial charge in [-0.3, -0.25) is 14.8 Å². The molecule has 0 aliphatic carbocycles. The molecule has 10 nitrogen and oxygen atoms in total. The molecule has 1 saturated heterocycles. The van der Waals surface area contributed by atoms with Crippen molar-refractivity contribution in [2.75, 3.05) is 43.5 Å². The van der Waals surface area contributed by atoms with Crippen LogP contribution in [0.3, 0.4) is 0 Å². The van der Waals surface area contributed by atoms with Crippen LogP contribution >= 0.6 is 0 Å². The highest BCUT2D eigenvalue weighted by Crippen LogP contribution is 2.18. The summed E-state index contributed by atoms with van der Waals surface area (Å²) >= 11 is 0. The van der Waals surface area contributed by atoms with E-state index < -0.39 is 0 Å². The molecule has 0 radical (unpaired) electrons. The largest absolute Gasteiger partial charge is 0.465 e. The molecule has 4 rings (SSSR count). The minimum atomic E-state index is -0.212. The van der Waals surface area contributed by atoms with Crippen LogP contribution in [0.25, 0.3) is 12.2 Å². The third-order valence-electron chi connectivity index (χ3n) is 4.50. The zero-order valence-corrected chi connectivity index (χ0v) is 21.3. The Morgan fingerprint density at radius 2 is 1.83 bits per heavy atom. The Morgan fingerprint density at radius 1 is 1.11 bits per heavy atom. The number of aryl methyl sites for hydroxylation is 1. The molecule has 0 atom stereocenters. The predicted molar refractivity (Wildman–Crippen MR) is 139 cm³/mol. The van der Waals surface area contributed by atoms with E-state index in [0.717, 1.165) is 32.0 Å². The van der Waals surface area contributed by atoms with Crippen LogP contribution in [-0.4, -0.2) is 63.8 Å². The van der Waals surface area contributed by atoms with Crippen LogP contribution in [0.15, 0.2) is 34.9 Å². The molecule has 0 aromatic carbocycles. The summed E-state index contributed by atoms with van der Waals surface area (Å²) in [7, 11) is 0. The summed E-state index contributed by atoms with van der Waals surface area (Å²) < 4.78 is 10.4. The molecule has 1 aliphatic heterocycles. The van der Waals surface area contributed by atoms with E-state index in [1.54, 1.807) is 30.5 Å². The Kier molecular flexibility index (Phi) is 12.2. The van der Waals surface area contributed by atoms with Gasteiger partial charge in [0.25, 0.3) is 0 Å². The van der Waals surface area contributed by atoms with Crippen molar-refractivity contribution < 1.29 is 13.9 Å². The van der Waals surface area contributed by atoms with Gasteiger partial charge in [-0.25, -0.2) is 9.97 Å². The van der Waals surface area contributed by atoms with Gasteiger partial charge in [0.1, 0.15) is 17.4 Å². The molecule has 190 valence electrons. The Morgan fingerprint density at radius 3 is 2.37 bits per heavy atom. The van der Waals surface area contributed by atoms with Gasteiger partial charge in [-0.2, -0.15) is 5.10 Å². The topological polar surface area (TPSA) is 121 Å². The van der Waals surface area contributed by atoms with Crippen molar-refractivity contribution in [3.8, 4) is 0 Å². The van der Waals surface area contributed by atoms with Gasteiger partial charge in [-0.15, -0.1) is 0 Å². The number of nitrogens with zero attached hydrogens (tertiary/aromatic N) is 4. The number of morpholine rings is 1. The first kappa shape index (κ1) is 27.7. The maximum atomic E-state index is 11.3. The Balaban J connectivity index is 0.000000327. The van der Waals surface area contributed by atoms with Gasteiger partial charge in [0.05, 0.1) is 19.5 Å². The Hall–Kier alpha value is -3.50. The second-order valence-corrected chi connectivity index (χ2v) is 7.84. The summed E-state index contributed by atoms with van der Waals surface area (Å²) in [6.45, 7) is 15.0. The standard InChI is InChI=1S/C16H16N6O2.C6H13NO.C3H8/c1-10-8-16(22-21-10)20-15-9-14(17-11(2)23)18-13(19-15)6-5-12-4-3-7-24-12;1-2-7-3-5-8-6-4-7;1-3-2/h3-9H,1-2H3,(H3,17,18,19,20,21,22,23);2-6H2,1H3;3H2,1-2H3/b6-5+;;. The van der Waals surface area contributed by atoms with Crippen LogP contribution in [0.5, 0.6) is 0 Å². The van der Waals surface area contributed by atoms with E-state index in [-0.39, 0.29) is 5.91 Å². The molecule has 10 heteroatoms. The third kappa shape index (κ3) is 11.0. The number of hydrogen-bond acceptors (Lipinski definition) is 8. The molecule has 3 aromatic rings. The average Bonchev–Trinajstić information content (AvgIpc) is 3.50. The number of carbonyl (C=O) groups excluding carboxylic acids is 1. The molecule has 3 N–H and O–H groups in total. The molecule has 1 aliphatic rings. The number of amides is 1. The number of furan rings is 1. The van der Waals surface area contributed by atoms with Crippen molar-refractivity contribution in [3.05, 3.63) is 47.8 Å². The van der Waals surface area contributed by atoms with Crippen LogP contribution < -0.4 is 10.6 Å². The SMILES string of the molecule is CC(=O)Nc1cc(Nc2cc(C)[nH]n2)nc(/C=C/c2ccco2)n1.CCC.CCN1CCOCC1. The molecule has 35 heavy (non-hydrogen) atoms. The Bertz CT molecular complexity index is 1030. The van der Waals surface area contributed by atoms with Gasteiger partial charge < -0.3 is 19.8 Å². The van der Waals surface area contributed by atoms with Crippen molar-refractivity contribution in [2.45, 2.75) is 41.0 Å². The molecule has 4 heterocycles. The number of aromatic nitrogens is 4. The number of rotatable bonds is 6. The minimum Gasteiger partial charge on any atom is -0.465 e. The predicted octanol–water partition coefficient (Wildman–Crippen LogP) is 4.73. The average molecular weight is 484 g/mol. The third-order valence-corrected chi connectivity index (χ3v) is 4.50. The quantitative estimate of drug-likeness (QED) is 0.460. The van der Waals surface area contributed by atoms with Gasteiger partial charge in [-0.1, -0.05) is 27.2 Å². The molecule has 1 fully saturated rings. The number of H-pyrrole nitrogens is 1. The van der Waals surface area contributed by atoms with Crippen molar-refractivity contribution in [1.82, 2.24) is 25.1 Å². The Labute approximate surface area is 207 Å². The monoisotopic (exact) mass is 483 g/mol. The van der Waals surface area contributed by atoms with Crippen LogP contribution in [0, 0.1) is 6.92 Å². The van der Waals surface area contributed by atoms with Crippen LogP contribution in [-0.2, 0) is 9.53 Å². The number of nitrogens with one attached hydrogen (secondary N) is 3. The van der Waals surface area contributed by atoms with Gasteiger partial charge in [-0.05, 0) is 37.8 Å². The van der Waals surface area contributed by atoms with E-state index >= 15 is 0 Å². The van der Waals surface area contributed by atoms with E-state index in [9.17, 15) is 4.79 Å². The van der Waals surface area contributed by atoms with Crippen molar-refractivity contribution >= 4 is 35.5 Å². The van der Waals surface area contributed by atoms with E-state index in [1.165, 1.54) is 19.9 Å². The number of aromatic amines is 1. The van der Waals surface area contributed by atoms with Crippen LogP contribution in [0.4, 0.5) is 17.5 Å². The van der Waals surface area contributed by atoms with Crippen LogP contribution in [0.1, 0.15) is 51.4 Å². The molecule has 3 aromatic heterocycles. The number of carbonyl (C=O) groups is 1. The number of hydrogen-bond donors (Lipinski definition) is 3. The molecule has 0 bridgehead atoms.